The van der Waals surface area contributed by atoms with Crippen LogP contribution in [0.1, 0.15) is 86.4 Å². The highest BCUT2D eigenvalue weighted by atomic mass is 32.1. The first-order valence-electron chi connectivity index (χ1n) is 35.6. The summed E-state index contributed by atoms with van der Waals surface area (Å²) in [5.41, 5.74) is 13.3. The predicted molar refractivity (Wildman–Crippen MR) is 451 cm³/mol. The van der Waals surface area contributed by atoms with Gasteiger partial charge >= 0.3 is 23.9 Å². The SMILES string of the molecule is C=C(C)C(=O)OCOc1ccc(-c2cc3ccccc3n(C(C)C)c2=S)cc1.C=C(C)C(=O)OCOc1ccc(-c2cc3ccccc3n(C(C)CCC)c2=S)cc1.C=CC(=O)OCOc1ccc(-c2cc3ccccc3n(C(C)C)c2=S)cc1.C=CC(=O)OCOc1ccc(-c2cc3ccccc3n(C)c2=S)cc1. The molecule has 4 heterocycles. The quantitative estimate of drug-likeness (QED) is 0.0174. The summed E-state index contributed by atoms with van der Waals surface area (Å²) in [5, 5.41) is 4.58. The third-order valence-corrected chi connectivity index (χ3v) is 19.3. The molecule has 0 bridgehead atoms. The molecule has 20 heteroatoms. The molecule has 8 aromatic carbocycles. The Morgan fingerprint density at radius 1 is 0.382 bits per heavy atom. The standard InChI is InChI=1S/C25H27NO3S.C23H23NO3S.C22H21NO3S.C20H17NO3S/c1-5-8-18(4)26-23-10-7-6-9-20(23)15-22(24(26)30)19-11-13-21(14-12-19)28-16-29-25(27)17(2)3;1-15(2)23(25)27-14-26-19-11-9-17(10-12-19)20-13-18-7-5-6-8-21(18)24(16(3)4)22(20)28;1-4-21(24)26-14-25-18-11-9-16(10-12-18)19-13-17-7-5-6-8-20(17)23(15(2)3)22(19)27;1-3-19(22)24-13-23-16-10-8-14(9-11-16)17-12-15-6-4-5-7-18(15)21(2)20(17)25/h6-7,9-15,18H,2,5,8,16H2,1,3-4H3;5-13,16H,1,14H2,2-4H3;4-13,15H,1,14H2,2-3H3;3-12H,1,13H2,2H3. The maximum atomic E-state index is 11.4. The highest BCUT2D eigenvalue weighted by Gasteiger charge is 2.17. The van der Waals surface area contributed by atoms with Gasteiger partial charge in [-0.05, 0) is 196 Å². The van der Waals surface area contributed by atoms with Crippen molar-refractivity contribution in [1.29, 1.82) is 0 Å². The summed E-state index contributed by atoms with van der Waals surface area (Å²) in [4.78, 5) is 44.8. The average Bonchev–Trinajstić information content (AvgIpc) is 0.788. The van der Waals surface area contributed by atoms with Crippen molar-refractivity contribution in [3.05, 3.63) is 287 Å². The molecule has 0 spiro atoms. The van der Waals surface area contributed by atoms with Crippen molar-refractivity contribution in [3.8, 4) is 67.5 Å². The van der Waals surface area contributed by atoms with Gasteiger partial charge in [0.05, 0.1) is 0 Å². The summed E-state index contributed by atoms with van der Waals surface area (Å²) in [6.45, 7) is 29.3. The maximum Gasteiger partial charge on any atom is 0.335 e. The van der Waals surface area contributed by atoms with Crippen molar-refractivity contribution in [2.75, 3.05) is 27.2 Å². The highest BCUT2D eigenvalue weighted by molar-refractivity contribution is 7.72. The number of carbonyl (C=O) groups is 4. The molecule has 4 aromatic heterocycles. The molecule has 0 fully saturated rings. The largest absolute Gasteiger partial charge is 0.457 e. The minimum Gasteiger partial charge on any atom is -0.457 e. The van der Waals surface area contributed by atoms with Crippen molar-refractivity contribution in [1.82, 2.24) is 18.3 Å². The molecule has 0 N–H and O–H groups in total. The Bertz CT molecular complexity index is 5610. The summed E-state index contributed by atoms with van der Waals surface area (Å²) in [5.74, 6) is 0.475. The zero-order valence-electron chi connectivity index (χ0n) is 63.1. The third-order valence-electron chi connectivity index (χ3n) is 17.5. The van der Waals surface area contributed by atoms with Gasteiger partial charge in [-0.2, -0.15) is 0 Å². The van der Waals surface area contributed by atoms with E-state index in [1.54, 1.807) is 13.8 Å². The van der Waals surface area contributed by atoms with Gasteiger partial charge in [0.25, 0.3) is 0 Å². The van der Waals surface area contributed by atoms with Crippen molar-refractivity contribution >= 4 is 116 Å². The first kappa shape index (κ1) is 82.4. The van der Waals surface area contributed by atoms with Crippen LogP contribution in [0.2, 0.25) is 0 Å². The molecule has 0 amide bonds. The summed E-state index contributed by atoms with van der Waals surface area (Å²) >= 11 is 23.1. The molecule has 1 atom stereocenters. The molecule has 564 valence electrons. The third kappa shape index (κ3) is 21.2. The van der Waals surface area contributed by atoms with E-state index in [2.05, 4.69) is 160 Å². The number of aromatic nitrogens is 4. The molecule has 0 saturated heterocycles. The number of hydrogen-bond acceptors (Lipinski definition) is 16. The molecule has 0 radical (unpaired) electrons. The Morgan fingerprint density at radius 2 is 0.645 bits per heavy atom. The van der Waals surface area contributed by atoms with E-state index < -0.39 is 23.9 Å². The van der Waals surface area contributed by atoms with Gasteiger partial charge < -0.3 is 56.2 Å². The van der Waals surface area contributed by atoms with Gasteiger partial charge in [0.2, 0.25) is 27.2 Å². The van der Waals surface area contributed by atoms with Crippen LogP contribution in [0.4, 0.5) is 0 Å². The Labute approximate surface area is 661 Å². The molecule has 110 heavy (non-hydrogen) atoms. The average molecular weight is 1550 g/mol. The summed E-state index contributed by atoms with van der Waals surface area (Å²) in [7, 11) is 1.97. The van der Waals surface area contributed by atoms with Crippen LogP contribution in [0.15, 0.2) is 268 Å². The molecule has 16 nitrogen and oxygen atoms in total. The maximum absolute atomic E-state index is 11.4. The van der Waals surface area contributed by atoms with Crippen LogP contribution < -0.4 is 18.9 Å². The number of fused-ring (bicyclic) bond motifs is 4. The molecule has 0 aliphatic rings. The minimum absolute atomic E-state index is 0.151. The van der Waals surface area contributed by atoms with Gasteiger partial charge in [-0.25, -0.2) is 19.2 Å². The van der Waals surface area contributed by atoms with Crippen molar-refractivity contribution in [2.45, 2.75) is 86.4 Å². The molecular formula is C90H88N4O12S4. The number of carbonyl (C=O) groups excluding carboxylic acids is 4. The zero-order valence-corrected chi connectivity index (χ0v) is 66.3. The monoisotopic (exact) mass is 1540 g/mol. The molecule has 1 unspecified atom stereocenters. The fourth-order valence-electron chi connectivity index (χ4n) is 12.0. The molecule has 12 aromatic rings. The minimum atomic E-state index is -0.518. The number of aryl methyl sites for hydroxylation is 1. The lowest BCUT2D eigenvalue weighted by molar-refractivity contribution is -0.146. The van der Waals surface area contributed by atoms with E-state index in [0.29, 0.717) is 40.2 Å². The van der Waals surface area contributed by atoms with Crippen LogP contribution >= 0.6 is 48.9 Å². The van der Waals surface area contributed by atoms with Gasteiger partial charge in [-0.3, -0.25) is 0 Å². The summed E-state index contributed by atoms with van der Waals surface area (Å²) in [6.07, 6.45) is 4.36. The van der Waals surface area contributed by atoms with Crippen molar-refractivity contribution < 1.29 is 57.1 Å². The Hall–Kier alpha value is -11.7. The Kier molecular flexibility index (Phi) is 29.5. The predicted octanol–water partition coefficient (Wildman–Crippen LogP) is 23.3. The van der Waals surface area contributed by atoms with Crippen LogP contribution in [0.3, 0.4) is 0 Å². The van der Waals surface area contributed by atoms with E-state index in [-0.39, 0.29) is 39.3 Å². The lowest BCUT2D eigenvalue weighted by Crippen LogP contribution is -2.10. The number of nitrogens with zero attached hydrogens (tertiary/aromatic N) is 4. The van der Waals surface area contributed by atoms with E-state index in [1.807, 2.05) is 151 Å². The summed E-state index contributed by atoms with van der Waals surface area (Å²) in [6, 6.07) is 72.7. The number of rotatable bonds is 25. The molecule has 0 saturated carbocycles. The van der Waals surface area contributed by atoms with E-state index in [1.165, 1.54) is 0 Å². The number of benzene rings is 8. The lowest BCUT2D eigenvalue weighted by Gasteiger charge is -2.21. The van der Waals surface area contributed by atoms with E-state index >= 15 is 0 Å². The fourth-order valence-corrected chi connectivity index (χ4v) is 13.7. The molecular weight excluding hydrogens is 1460 g/mol. The first-order chi connectivity index (χ1) is 52.9. The summed E-state index contributed by atoms with van der Waals surface area (Å²) < 4.78 is 53.1. The van der Waals surface area contributed by atoms with Crippen LogP contribution in [-0.2, 0) is 45.2 Å². The smallest absolute Gasteiger partial charge is 0.335 e. The van der Waals surface area contributed by atoms with Crippen molar-refractivity contribution in [2.24, 2.45) is 7.05 Å². The van der Waals surface area contributed by atoms with Gasteiger partial charge in [-0.15, -0.1) is 0 Å². The second-order valence-corrected chi connectivity index (χ2v) is 27.6. The molecule has 12 rings (SSSR count). The normalized spacial score (nSPS) is 11.0. The number of para-hydroxylation sites is 4. The van der Waals surface area contributed by atoms with E-state index in [9.17, 15) is 19.2 Å². The van der Waals surface area contributed by atoms with Crippen LogP contribution in [0, 0.1) is 18.6 Å². The fraction of sp³-hybridized carbons (Fsp3) is 0.200. The second kappa shape index (κ2) is 39.4. The first-order valence-corrected chi connectivity index (χ1v) is 37.2. The van der Waals surface area contributed by atoms with Crippen LogP contribution in [0.5, 0.6) is 23.0 Å². The van der Waals surface area contributed by atoms with Crippen LogP contribution in [-0.4, -0.2) is 69.3 Å². The molecule has 0 aliphatic carbocycles. The van der Waals surface area contributed by atoms with Gasteiger partial charge in [-0.1, -0.05) is 210 Å². The number of esters is 4. The topological polar surface area (TPSA) is 162 Å². The zero-order chi connectivity index (χ0) is 79.1. The van der Waals surface area contributed by atoms with Gasteiger partial charge in [0, 0.05) is 92.8 Å². The van der Waals surface area contributed by atoms with Crippen LogP contribution in [0.25, 0.3) is 88.1 Å². The highest BCUT2D eigenvalue weighted by Crippen LogP contribution is 2.35. The van der Waals surface area contributed by atoms with E-state index in [4.69, 9.17) is 86.8 Å². The van der Waals surface area contributed by atoms with E-state index in [0.717, 1.165) is 132 Å². The Balaban J connectivity index is 0.000000169. The number of ether oxygens (including phenoxy) is 8. The van der Waals surface area contributed by atoms with Crippen molar-refractivity contribution in [3.63, 3.8) is 0 Å². The second-order valence-electron chi connectivity index (χ2n) is 26.1. The number of pyridine rings is 4. The molecule has 0 aliphatic heterocycles. The lowest BCUT2D eigenvalue weighted by atomic mass is 10.0. The number of hydrogen-bond donors (Lipinski definition) is 0. The van der Waals surface area contributed by atoms with Gasteiger partial charge in [0.15, 0.2) is 0 Å². The Morgan fingerprint density at radius 3 is 0.936 bits per heavy atom. The van der Waals surface area contributed by atoms with Gasteiger partial charge in [0.1, 0.15) is 41.6 Å².